The minimum absolute atomic E-state index is 0.0702. The zero-order valence-corrected chi connectivity index (χ0v) is 16.2. The molecule has 3 rings (SSSR count). The average Bonchev–Trinajstić information content (AvgIpc) is 3.14. The number of likely N-dealkylation sites (tertiary alicyclic amines) is 1. The molecule has 1 unspecified atom stereocenters. The standard InChI is InChI=1S/C18H19Cl2N3O3/c1-9(2)23-7-6-14(18(23)25)21-16(24)15-10(3)26-17(22-15)11-4-5-12(19)13(20)8-11/h4-5,8-9,14H,6-7H2,1-3H3,(H,21,24). The molecule has 0 saturated carbocycles. The summed E-state index contributed by atoms with van der Waals surface area (Å²) in [5, 5.41) is 3.55. The first-order chi connectivity index (χ1) is 12.3. The summed E-state index contributed by atoms with van der Waals surface area (Å²) in [6, 6.07) is 4.55. The first kappa shape index (κ1) is 18.7. The molecular weight excluding hydrogens is 377 g/mol. The van der Waals surface area contributed by atoms with Gasteiger partial charge in [-0.1, -0.05) is 23.2 Å². The quantitative estimate of drug-likeness (QED) is 0.855. The lowest BCUT2D eigenvalue weighted by atomic mass is 10.2. The van der Waals surface area contributed by atoms with E-state index in [0.717, 1.165) is 0 Å². The van der Waals surface area contributed by atoms with Crippen molar-refractivity contribution in [2.24, 2.45) is 0 Å². The number of amides is 2. The van der Waals surface area contributed by atoms with Gasteiger partial charge < -0.3 is 14.6 Å². The lowest BCUT2D eigenvalue weighted by Crippen LogP contribution is -2.43. The largest absolute Gasteiger partial charge is 0.441 e. The van der Waals surface area contributed by atoms with Gasteiger partial charge in [-0.05, 0) is 45.4 Å². The van der Waals surface area contributed by atoms with Crippen molar-refractivity contribution in [1.82, 2.24) is 15.2 Å². The highest BCUT2D eigenvalue weighted by Crippen LogP contribution is 2.29. The third kappa shape index (κ3) is 3.57. The van der Waals surface area contributed by atoms with Gasteiger partial charge >= 0.3 is 0 Å². The first-order valence-electron chi connectivity index (χ1n) is 8.32. The number of nitrogens with zero attached hydrogens (tertiary/aromatic N) is 2. The van der Waals surface area contributed by atoms with Gasteiger partial charge in [0, 0.05) is 18.2 Å². The van der Waals surface area contributed by atoms with Crippen LogP contribution in [0.25, 0.3) is 11.5 Å². The molecule has 1 fully saturated rings. The number of rotatable bonds is 4. The highest BCUT2D eigenvalue weighted by atomic mass is 35.5. The van der Waals surface area contributed by atoms with E-state index in [1.807, 2.05) is 13.8 Å². The number of oxazole rings is 1. The fourth-order valence-corrected chi connectivity index (χ4v) is 3.23. The Balaban J connectivity index is 1.78. The van der Waals surface area contributed by atoms with Gasteiger partial charge in [0.15, 0.2) is 5.69 Å². The van der Waals surface area contributed by atoms with Gasteiger partial charge in [-0.25, -0.2) is 4.98 Å². The van der Waals surface area contributed by atoms with Crippen LogP contribution in [-0.2, 0) is 4.79 Å². The van der Waals surface area contributed by atoms with E-state index in [1.165, 1.54) is 0 Å². The minimum atomic E-state index is -0.533. The summed E-state index contributed by atoms with van der Waals surface area (Å²) >= 11 is 11.9. The zero-order valence-electron chi connectivity index (χ0n) is 14.7. The lowest BCUT2D eigenvalue weighted by Gasteiger charge is -2.20. The molecule has 8 heteroatoms. The fourth-order valence-electron chi connectivity index (χ4n) is 2.93. The predicted octanol–water partition coefficient (Wildman–Crippen LogP) is 3.70. The fraction of sp³-hybridized carbons (Fsp3) is 0.389. The molecule has 1 atom stereocenters. The summed E-state index contributed by atoms with van der Waals surface area (Å²) in [5.74, 6) is 0.142. The van der Waals surface area contributed by atoms with Crippen LogP contribution in [0.4, 0.5) is 0 Å². The van der Waals surface area contributed by atoms with Crippen LogP contribution in [0.3, 0.4) is 0 Å². The molecule has 0 aliphatic carbocycles. The Morgan fingerprint density at radius 2 is 2.08 bits per heavy atom. The van der Waals surface area contributed by atoms with Crippen LogP contribution in [0, 0.1) is 6.92 Å². The molecule has 1 N–H and O–H groups in total. The Hall–Kier alpha value is -2.05. The number of aryl methyl sites for hydroxylation is 1. The SMILES string of the molecule is Cc1oc(-c2ccc(Cl)c(Cl)c2)nc1C(=O)NC1CCN(C(C)C)C1=O. The van der Waals surface area contributed by atoms with Crippen molar-refractivity contribution in [1.29, 1.82) is 0 Å². The number of carbonyl (C=O) groups is 2. The molecule has 0 bridgehead atoms. The number of aromatic nitrogens is 1. The van der Waals surface area contributed by atoms with Crippen molar-refractivity contribution in [3.63, 3.8) is 0 Å². The molecule has 26 heavy (non-hydrogen) atoms. The molecule has 6 nitrogen and oxygen atoms in total. The van der Waals surface area contributed by atoms with Gasteiger partial charge in [-0.3, -0.25) is 9.59 Å². The van der Waals surface area contributed by atoms with E-state index < -0.39 is 11.9 Å². The summed E-state index contributed by atoms with van der Waals surface area (Å²) in [6.07, 6.45) is 0.583. The van der Waals surface area contributed by atoms with E-state index in [4.69, 9.17) is 27.6 Å². The third-order valence-electron chi connectivity index (χ3n) is 4.35. The Morgan fingerprint density at radius 1 is 1.35 bits per heavy atom. The van der Waals surface area contributed by atoms with Crippen molar-refractivity contribution in [3.05, 3.63) is 39.7 Å². The van der Waals surface area contributed by atoms with Crippen molar-refractivity contribution in [3.8, 4) is 11.5 Å². The van der Waals surface area contributed by atoms with Gasteiger partial charge in [0.1, 0.15) is 11.8 Å². The maximum atomic E-state index is 12.6. The van der Waals surface area contributed by atoms with Crippen molar-refractivity contribution < 1.29 is 14.0 Å². The lowest BCUT2D eigenvalue weighted by molar-refractivity contribution is -0.130. The van der Waals surface area contributed by atoms with E-state index in [0.29, 0.717) is 34.3 Å². The number of nitrogens with one attached hydrogen (secondary N) is 1. The molecule has 2 heterocycles. The molecule has 1 saturated heterocycles. The highest BCUT2D eigenvalue weighted by molar-refractivity contribution is 6.42. The predicted molar refractivity (Wildman–Crippen MR) is 99.4 cm³/mol. The summed E-state index contributed by atoms with van der Waals surface area (Å²) in [5.41, 5.74) is 0.770. The summed E-state index contributed by atoms with van der Waals surface area (Å²) in [6.45, 7) is 6.19. The molecule has 0 radical (unpaired) electrons. The van der Waals surface area contributed by atoms with Crippen molar-refractivity contribution in [2.45, 2.75) is 39.3 Å². The topological polar surface area (TPSA) is 75.4 Å². The van der Waals surface area contributed by atoms with Crippen LogP contribution in [-0.4, -0.2) is 40.3 Å². The second-order valence-corrected chi connectivity index (χ2v) is 7.31. The number of carbonyl (C=O) groups excluding carboxylic acids is 2. The van der Waals surface area contributed by atoms with Crippen LogP contribution >= 0.6 is 23.2 Å². The van der Waals surface area contributed by atoms with Gasteiger partial charge in [-0.2, -0.15) is 0 Å². The second-order valence-electron chi connectivity index (χ2n) is 6.49. The van der Waals surface area contributed by atoms with Crippen molar-refractivity contribution in [2.75, 3.05) is 6.54 Å². The van der Waals surface area contributed by atoms with Gasteiger partial charge in [0.25, 0.3) is 5.91 Å². The van der Waals surface area contributed by atoms with Crippen molar-refractivity contribution >= 4 is 35.0 Å². The molecule has 138 valence electrons. The average molecular weight is 396 g/mol. The molecule has 2 amide bonds. The summed E-state index contributed by atoms with van der Waals surface area (Å²) < 4.78 is 5.60. The van der Waals surface area contributed by atoms with E-state index >= 15 is 0 Å². The molecule has 0 spiro atoms. The Labute approximate surface area is 161 Å². The first-order valence-corrected chi connectivity index (χ1v) is 9.07. The Bertz CT molecular complexity index is 863. The summed E-state index contributed by atoms with van der Waals surface area (Å²) in [7, 11) is 0. The van der Waals surface area contributed by atoms with Crippen LogP contribution in [0.2, 0.25) is 10.0 Å². The number of hydrogen-bond donors (Lipinski definition) is 1. The van der Waals surface area contributed by atoms with Gasteiger partial charge in [0.2, 0.25) is 11.8 Å². The second kappa shape index (κ2) is 7.29. The normalized spacial score (nSPS) is 17.2. The van der Waals surface area contributed by atoms with Gasteiger partial charge in [0.05, 0.1) is 10.0 Å². The number of halogens is 2. The molecule has 1 aromatic carbocycles. The molecular formula is C18H19Cl2N3O3. The summed E-state index contributed by atoms with van der Waals surface area (Å²) in [4.78, 5) is 30.9. The Morgan fingerprint density at radius 3 is 2.69 bits per heavy atom. The van der Waals surface area contributed by atoms with Gasteiger partial charge in [-0.15, -0.1) is 0 Å². The zero-order chi connectivity index (χ0) is 19.0. The number of hydrogen-bond acceptors (Lipinski definition) is 4. The van der Waals surface area contributed by atoms with E-state index in [1.54, 1.807) is 30.0 Å². The van der Waals surface area contributed by atoms with E-state index in [9.17, 15) is 9.59 Å². The maximum absolute atomic E-state index is 12.6. The van der Waals surface area contributed by atoms with E-state index in [2.05, 4.69) is 10.3 Å². The maximum Gasteiger partial charge on any atom is 0.274 e. The molecule has 1 aliphatic rings. The van der Waals surface area contributed by atoms with Crippen LogP contribution < -0.4 is 5.32 Å². The molecule has 1 aromatic heterocycles. The molecule has 2 aromatic rings. The third-order valence-corrected chi connectivity index (χ3v) is 5.09. The number of benzene rings is 1. The van der Waals surface area contributed by atoms with Crippen LogP contribution in [0.15, 0.2) is 22.6 Å². The Kier molecular flexibility index (Phi) is 5.25. The molecule has 1 aliphatic heterocycles. The highest BCUT2D eigenvalue weighted by Gasteiger charge is 2.35. The van der Waals surface area contributed by atoms with E-state index in [-0.39, 0.29) is 23.5 Å². The van der Waals surface area contributed by atoms with Crippen LogP contribution in [0.1, 0.15) is 36.5 Å². The smallest absolute Gasteiger partial charge is 0.274 e. The van der Waals surface area contributed by atoms with Crippen LogP contribution in [0.5, 0.6) is 0 Å². The monoisotopic (exact) mass is 395 g/mol. The minimum Gasteiger partial charge on any atom is -0.441 e.